The number of hydrogen-bond acceptors (Lipinski definition) is 3. The molecule has 1 N–H and O–H groups in total. The molecule has 4 heteroatoms. The maximum atomic E-state index is 9.85. The number of benzene rings is 1. The quantitative estimate of drug-likeness (QED) is 0.683. The SMILES string of the molecule is O[S+]1C=CC=C2N=Cc3ccccc3N=C21. The maximum absolute atomic E-state index is 9.85. The van der Waals surface area contributed by atoms with E-state index in [0.717, 1.165) is 16.9 Å². The Morgan fingerprint density at radius 1 is 1.19 bits per heavy atom. The van der Waals surface area contributed by atoms with Gasteiger partial charge in [0, 0.05) is 11.8 Å². The van der Waals surface area contributed by atoms with Crippen LogP contribution in [0.25, 0.3) is 0 Å². The van der Waals surface area contributed by atoms with Crippen LogP contribution < -0.4 is 0 Å². The van der Waals surface area contributed by atoms with Crippen molar-refractivity contribution in [3.63, 3.8) is 0 Å². The molecule has 1 aromatic rings. The second kappa shape index (κ2) is 3.73. The first kappa shape index (κ1) is 9.57. The lowest BCUT2D eigenvalue weighted by atomic mass is 10.2. The van der Waals surface area contributed by atoms with Gasteiger partial charge in [-0.25, -0.2) is 4.99 Å². The Morgan fingerprint density at radius 2 is 2.06 bits per heavy atom. The van der Waals surface area contributed by atoms with Crippen molar-refractivity contribution in [3.8, 4) is 0 Å². The predicted octanol–water partition coefficient (Wildman–Crippen LogP) is 2.65. The van der Waals surface area contributed by atoms with Crippen LogP contribution in [0, 0.1) is 0 Å². The van der Waals surface area contributed by atoms with Gasteiger partial charge in [0.25, 0.3) is 0 Å². The Hall–Kier alpha value is -1.65. The Morgan fingerprint density at radius 3 is 3.00 bits per heavy atom. The maximum Gasteiger partial charge on any atom is 0.313 e. The van der Waals surface area contributed by atoms with Crippen molar-refractivity contribution >= 4 is 28.1 Å². The van der Waals surface area contributed by atoms with Gasteiger partial charge >= 0.3 is 5.04 Å². The van der Waals surface area contributed by atoms with Crippen molar-refractivity contribution in [2.75, 3.05) is 0 Å². The average molecular weight is 229 g/mol. The highest BCUT2D eigenvalue weighted by Crippen LogP contribution is 2.25. The van der Waals surface area contributed by atoms with Gasteiger partial charge in [-0.2, -0.15) is 9.55 Å². The summed E-state index contributed by atoms with van der Waals surface area (Å²) in [5, 5.41) is 2.37. The summed E-state index contributed by atoms with van der Waals surface area (Å²) >= 11 is -0.938. The highest BCUT2D eigenvalue weighted by molar-refractivity contribution is 8.09. The van der Waals surface area contributed by atoms with Crippen molar-refractivity contribution in [2.24, 2.45) is 9.98 Å². The topological polar surface area (TPSA) is 45.0 Å². The minimum Gasteiger partial charge on any atom is -0.249 e. The summed E-state index contributed by atoms with van der Waals surface area (Å²) in [5.74, 6) is 0. The standard InChI is InChI=1S/C12H9N2OS/c15-16-7-3-6-11-12(16)14-10-5-2-1-4-9(10)8-13-11/h1-8,15H/q+1. The van der Waals surface area contributed by atoms with Crippen molar-refractivity contribution in [2.45, 2.75) is 0 Å². The van der Waals surface area contributed by atoms with Gasteiger partial charge in [-0.1, -0.05) is 18.2 Å². The first-order chi connectivity index (χ1) is 7.84. The summed E-state index contributed by atoms with van der Waals surface area (Å²) in [6.45, 7) is 0. The van der Waals surface area contributed by atoms with Crippen molar-refractivity contribution in [1.82, 2.24) is 0 Å². The average Bonchev–Trinajstić information content (AvgIpc) is 2.50. The molecular weight excluding hydrogens is 220 g/mol. The summed E-state index contributed by atoms with van der Waals surface area (Å²) in [5.41, 5.74) is 2.57. The molecule has 0 saturated heterocycles. The lowest BCUT2D eigenvalue weighted by Crippen LogP contribution is -2.15. The molecule has 0 aliphatic carbocycles. The van der Waals surface area contributed by atoms with E-state index in [1.807, 2.05) is 36.4 Å². The third-order valence-electron chi connectivity index (χ3n) is 2.38. The molecule has 1 atom stereocenters. The number of rotatable bonds is 0. The monoisotopic (exact) mass is 229 g/mol. The smallest absolute Gasteiger partial charge is 0.249 e. The Labute approximate surface area is 96.1 Å². The van der Waals surface area contributed by atoms with E-state index >= 15 is 0 Å². The number of aliphatic imine (C=N–C) groups is 2. The van der Waals surface area contributed by atoms with Gasteiger partial charge in [-0.15, -0.1) is 0 Å². The van der Waals surface area contributed by atoms with E-state index in [1.165, 1.54) is 0 Å². The largest absolute Gasteiger partial charge is 0.313 e. The number of para-hydroxylation sites is 1. The molecule has 1 unspecified atom stereocenters. The van der Waals surface area contributed by atoms with E-state index in [1.54, 1.807) is 11.6 Å². The molecule has 0 aromatic heterocycles. The fourth-order valence-electron chi connectivity index (χ4n) is 1.60. The molecule has 3 rings (SSSR count). The summed E-state index contributed by atoms with van der Waals surface area (Å²) in [6, 6.07) is 7.77. The predicted molar refractivity (Wildman–Crippen MR) is 68.3 cm³/mol. The lowest BCUT2D eigenvalue weighted by Gasteiger charge is -2.01. The zero-order valence-corrected chi connectivity index (χ0v) is 9.19. The van der Waals surface area contributed by atoms with Crippen LogP contribution in [-0.2, 0) is 11.2 Å². The van der Waals surface area contributed by atoms with E-state index in [-0.39, 0.29) is 0 Å². The molecule has 0 bridgehead atoms. The van der Waals surface area contributed by atoms with E-state index in [0.29, 0.717) is 5.04 Å². The normalized spacial score (nSPS) is 21.7. The highest BCUT2D eigenvalue weighted by atomic mass is 32.2. The minimum absolute atomic E-state index is 0.642. The lowest BCUT2D eigenvalue weighted by molar-refractivity contribution is 0.658. The van der Waals surface area contributed by atoms with Crippen molar-refractivity contribution in [1.29, 1.82) is 0 Å². The first-order valence-electron chi connectivity index (χ1n) is 4.87. The zero-order chi connectivity index (χ0) is 11.0. The van der Waals surface area contributed by atoms with Crippen LogP contribution in [0.15, 0.2) is 57.5 Å². The fraction of sp³-hybridized carbons (Fsp3) is 0. The second-order valence-corrected chi connectivity index (χ2v) is 4.72. The summed E-state index contributed by atoms with van der Waals surface area (Å²) in [4.78, 5) is 8.81. The molecule has 0 radical (unpaired) electrons. The van der Waals surface area contributed by atoms with E-state index in [4.69, 9.17) is 0 Å². The van der Waals surface area contributed by atoms with Crippen LogP contribution >= 0.6 is 0 Å². The third-order valence-corrected chi connectivity index (χ3v) is 3.49. The van der Waals surface area contributed by atoms with Crippen LogP contribution in [0.2, 0.25) is 0 Å². The van der Waals surface area contributed by atoms with Gasteiger partial charge in [-0.3, -0.25) is 0 Å². The van der Waals surface area contributed by atoms with Gasteiger partial charge in [0.2, 0.25) is 11.2 Å². The molecule has 2 aliphatic rings. The molecule has 0 spiro atoms. The van der Waals surface area contributed by atoms with Crippen molar-refractivity contribution < 1.29 is 4.55 Å². The van der Waals surface area contributed by atoms with Crippen LogP contribution in [0.5, 0.6) is 0 Å². The van der Waals surface area contributed by atoms with Crippen LogP contribution in [-0.4, -0.2) is 15.8 Å². The number of hydrogen-bond donors (Lipinski definition) is 1. The zero-order valence-electron chi connectivity index (χ0n) is 8.37. The fourth-order valence-corrected chi connectivity index (χ4v) is 2.48. The van der Waals surface area contributed by atoms with Crippen LogP contribution in [0.4, 0.5) is 5.69 Å². The minimum atomic E-state index is -0.938. The van der Waals surface area contributed by atoms with Gasteiger partial charge < -0.3 is 0 Å². The molecule has 16 heavy (non-hydrogen) atoms. The van der Waals surface area contributed by atoms with Crippen molar-refractivity contribution in [3.05, 3.63) is 53.1 Å². The number of fused-ring (bicyclic) bond motifs is 2. The molecule has 0 saturated carbocycles. The van der Waals surface area contributed by atoms with E-state index < -0.39 is 11.2 Å². The van der Waals surface area contributed by atoms with Gasteiger partial charge in [0.15, 0.2) is 5.41 Å². The molecule has 78 valence electrons. The Bertz CT molecular complexity index is 558. The van der Waals surface area contributed by atoms with Gasteiger partial charge in [-0.05, 0) is 18.2 Å². The van der Waals surface area contributed by atoms with E-state index in [9.17, 15) is 4.55 Å². The first-order valence-corrected chi connectivity index (χ1v) is 6.12. The second-order valence-electron chi connectivity index (χ2n) is 3.43. The molecular formula is C12H9N2OS+. The summed E-state index contributed by atoms with van der Waals surface area (Å²) < 4.78 is 9.85. The van der Waals surface area contributed by atoms with Gasteiger partial charge in [0.1, 0.15) is 5.70 Å². The number of nitrogens with zero attached hydrogens (tertiary/aromatic N) is 2. The highest BCUT2D eigenvalue weighted by Gasteiger charge is 2.30. The number of allylic oxidation sites excluding steroid dienone is 2. The summed E-state index contributed by atoms with van der Waals surface area (Å²) in [6.07, 6.45) is 5.46. The van der Waals surface area contributed by atoms with Crippen LogP contribution in [0.3, 0.4) is 0 Å². The summed E-state index contributed by atoms with van der Waals surface area (Å²) in [7, 11) is 0. The Kier molecular flexibility index (Phi) is 2.23. The third kappa shape index (κ3) is 1.52. The molecule has 0 fully saturated rings. The van der Waals surface area contributed by atoms with Gasteiger partial charge in [0.05, 0.1) is 5.69 Å². The molecule has 1 aromatic carbocycles. The van der Waals surface area contributed by atoms with E-state index in [2.05, 4.69) is 9.98 Å². The molecule has 2 aliphatic heterocycles. The Balaban J connectivity index is 2.21. The molecule has 0 amide bonds. The van der Waals surface area contributed by atoms with Crippen LogP contribution in [0.1, 0.15) is 5.56 Å². The molecule has 2 heterocycles. The molecule has 3 nitrogen and oxygen atoms in total.